The van der Waals surface area contributed by atoms with Gasteiger partial charge in [-0.15, -0.1) is 0 Å². The Morgan fingerprint density at radius 3 is 2.76 bits per heavy atom. The number of carbonyl (C=O) groups is 1. The van der Waals surface area contributed by atoms with Crippen molar-refractivity contribution in [2.45, 2.75) is 17.9 Å². The molecule has 2 aliphatic heterocycles. The molecule has 0 spiro atoms. The fourth-order valence-electron chi connectivity index (χ4n) is 2.87. The maximum absolute atomic E-state index is 12.7. The highest BCUT2D eigenvalue weighted by Crippen LogP contribution is 2.24. The molecule has 3 rings (SSSR count). The van der Waals surface area contributed by atoms with Gasteiger partial charge < -0.3 is 16.0 Å². The first kappa shape index (κ1) is 14.2. The van der Waals surface area contributed by atoms with Gasteiger partial charge in [-0.2, -0.15) is 4.31 Å². The lowest BCUT2D eigenvalue weighted by molar-refractivity contribution is 0.164. The van der Waals surface area contributed by atoms with E-state index in [0.29, 0.717) is 31.9 Å². The molecule has 0 bridgehead atoms. The van der Waals surface area contributed by atoms with Crippen molar-refractivity contribution in [3.8, 4) is 0 Å². The first-order chi connectivity index (χ1) is 9.88. The van der Waals surface area contributed by atoms with E-state index < -0.39 is 10.0 Å². The third kappa shape index (κ3) is 2.44. The molecule has 8 heteroatoms. The number of carbonyl (C=O) groups excluding carboxylic acids is 1. The van der Waals surface area contributed by atoms with Gasteiger partial charge in [0.05, 0.1) is 10.9 Å². The summed E-state index contributed by atoms with van der Waals surface area (Å²) < 4.78 is 26.8. The number of nitrogens with zero attached hydrogens (tertiary/aromatic N) is 2. The number of hydrogen-bond acceptors (Lipinski definition) is 4. The van der Waals surface area contributed by atoms with E-state index in [1.807, 2.05) is 6.92 Å². The lowest BCUT2D eigenvalue weighted by Crippen LogP contribution is -2.53. The summed E-state index contributed by atoms with van der Waals surface area (Å²) in [6.45, 7) is 3.33. The van der Waals surface area contributed by atoms with Crippen LogP contribution >= 0.6 is 0 Å². The first-order valence-electron chi connectivity index (χ1n) is 6.80. The number of amides is 2. The van der Waals surface area contributed by atoms with Crippen LogP contribution in [0.25, 0.3) is 0 Å². The number of nitrogen functional groups attached to an aromatic ring is 1. The Balaban J connectivity index is 1.87. The topological polar surface area (TPSA) is 95.7 Å². The Kier molecular flexibility index (Phi) is 3.29. The highest BCUT2D eigenvalue weighted by atomic mass is 32.2. The van der Waals surface area contributed by atoms with E-state index in [2.05, 4.69) is 5.32 Å². The zero-order valence-corrected chi connectivity index (χ0v) is 12.6. The standard InChI is InChI=1S/C13H18N4O3S/c1-9-4-10(14)6-12(5-9)21(19,20)16-2-3-17-11(8-16)7-15-13(17)18/h4-6,11H,2-3,7-8,14H2,1H3,(H,15,18). The van der Waals surface area contributed by atoms with Crippen LogP contribution in [0.3, 0.4) is 0 Å². The van der Waals surface area contributed by atoms with Crippen LogP contribution in [-0.2, 0) is 10.0 Å². The predicted octanol–water partition coefficient (Wildman–Crippen LogP) is -0.0247. The first-order valence-corrected chi connectivity index (χ1v) is 8.24. The molecule has 1 unspecified atom stereocenters. The zero-order chi connectivity index (χ0) is 15.2. The van der Waals surface area contributed by atoms with Crippen molar-refractivity contribution in [3.63, 3.8) is 0 Å². The molecule has 2 fully saturated rings. The van der Waals surface area contributed by atoms with Crippen molar-refractivity contribution >= 4 is 21.7 Å². The van der Waals surface area contributed by atoms with Crippen LogP contribution in [0.4, 0.5) is 10.5 Å². The average Bonchev–Trinajstić information content (AvgIpc) is 2.79. The Hall–Kier alpha value is -1.80. The van der Waals surface area contributed by atoms with Crippen molar-refractivity contribution in [3.05, 3.63) is 23.8 Å². The largest absolute Gasteiger partial charge is 0.399 e. The van der Waals surface area contributed by atoms with E-state index in [1.54, 1.807) is 17.0 Å². The Labute approximate surface area is 123 Å². The minimum absolute atomic E-state index is 0.0943. The minimum Gasteiger partial charge on any atom is -0.399 e. The Morgan fingerprint density at radius 1 is 1.29 bits per heavy atom. The third-order valence-corrected chi connectivity index (χ3v) is 5.75. The molecule has 2 aliphatic rings. The Morgan fingerprint density at radius 2 is 2.05 bits per heavy atom. The number of hydrogen-bond donors (Lipinski definition) is 2. The van der Waals surface area contributed by atoms with E-state index >= 15 is 0 Å². The van der Waals surface area contributed by atoms with Gasteiger partial charge >= 0.3 is 6.03 Å². The summed E-state index contributed by atoms with van der Waals surface area (Å²) in [5.41, 5.74) is 6.99. The van der Waals surface area contributed by atoms with Gasteiger partial charge in [-0.1, -0.05) is 0 Å². The summed E-state index contributed by atoms with van der Waals surface area (Å²) >= 11 is 0. The van der Waals surface area contributed by atoms with Crippen molar-refractivity contribution in [1.82, 2.24) is 14.5 Å². The van der Waals surface area contributed by atoms with Gasteiger partial charge in [-0.3, -0.25) is 0 Å². The molecule has 0 aliphatic carbocycles. The fraction of sp³-hybridized carbons (Fsp3) is 0.462. The second-order valence-electron chi connectivity index (χ2n) is 5.48. The summed E-state index contributed by atoms with van der Waals surface area (Å²) in [5, 5.41) is 2.74. The van der Waals surface area contributed by atoms with Crippen molar-refractivity contribution in [2.75, 3.05) is 31.9 Å². The molecule has 1 aromatic carbocycles. The van der Waals surface area contributed by atoms with Gasteiger partial charge in [0.1, 0.15) is 0 Å². The maximum Gasteiger partial charge on any atom is 0.317 e. The lowest BCUT2D eigenvalue weighted by Gasteiger charge is -2.35. The van der Waals surface area contributed by atoms with E-state index in [4.69, 9.17) is 5.73 Å². The van der Waals surface area contributed by atoms with Crippen molar-refractivity contribution in [1.29, 1.82) is 0 Å². The summed E-state index contributed by atoms with van der Waals surface area (Å²) in [5.74, 6) is 0. The zero-order valence-electron chi connectivity index (χ0n) is 11.7. The number of anilines is 1. The number of aryl methyl sites for hydroxylation is 1. The smallest absolute Gasteiger partial charge is 0.317 e. The molecule has 2 saturated heterocycles. The second-order valence-corrected chi connectivity index (χ2v) is 7.41. The normalized spacial score (nSPS) is 23.0. The molecule has 1 aromatic rings. The highest BCUT2D eigenvalue weighted by Gasteiger charge is 2.39. The van der Waals surface area contributed by atoms with E-state index in [1.165, 1.54) is 10.4 Å². The molecule has 3 N–H and O–H groups in total. The predicted molar refractivity (Wildman–Crippen MR) is 78.2 cm³/mol. The number of nitrogens with two attached hydrogens (primary N) is 1. The van der Waals surface area contributed by atoms with E-state index in [-0.39, 0.29) is 17.0 Å². The molecular formula is C13H18N4O3S. The Bertz CT molecular complexity index is 668. The molecular weight excluding hydrogens is 292 g/mol. The van der Waals surface area contributed by atoms with Gasteiger partial charge in [0.2, 0.25) is 10.0 Å². The monoisotopic (exact) mass is 310 g/mol. The number of urea groups is 1. The maximum atomic E-state index is 12.7. The molecule has 2 heterocycles. The molecule has 2 amide bonds. The van der Waals surface area contributed by atoms with Crippen LogP contribution in [-0.4, -0.2) is 55.9 Å². The van der Waals surface area contributed by atoms with Crippen molar-refractivity contribution in [2.24, 2.45) is 0 Å². The minimum atomic E-state index is -3.58. The van der Waals surface area contributed by atoms with Crippen LogP contribution in [0.2, 0.25) is 0 Å². The van der Waals surface area contributed by atoms with Crippen LogP contribution in [0.5, 0.6) is 0 Å². The molecule has 0 aromatic heterocycles. The van der Waals surface area contributed by atoms with Crippen LogP contribution in [0, 0.1) is 6.92 Å². The molecule has 114 valence electrons. The van der Waals surface area contributed by atoms with E-state index in [9.17, 15) is 13.2 Å². The lowest BCUT2D eigenvalue weighted by atomic mass is 10.2. The number of sulfonamides is 1. The van der Waals surface area contributed by atoms with Crippen LogP contribution in [0.1, 0.15) is 5.56 Å². The number of rotatable bonds is 2. The molecule has 21 heavy (non-hydrogen) atoms. The van der Waals surface area contributed by atoms with Gasteiger partial charge in [0.25, 0.3) is 0 Å². The molecule has 7 nitrogen and oxygen atoms in total. The summed E-state index contributed by atoms with van der Waals surface area (Å²) in [6.07, 6.45) is 0. The van der Waals surface area contributed by atoms with Gasteiger partial charge in [0, 0.05) is 31.9 Å². The van der Waals surface area contributed by atoms with Crippen LogP contribution in [0.15, 0.2) is 23.1 Å². The summed E-state index contributed by atoms with van der Waals surface area (Å²) in [6, 6.07) is 4.62. The quantitative estimate of drug-likeness (QED) is 0.750. The number of benzene rings is 1. The third-order valence-electron chi connectivity index (χ3n) is 3.91. The summed E-state index contributed by atoms with van der Waals surface area (Å²) in [4.78, 5) is 13.5. The number of fused-ring (bicyclic) bond motifs is 1. The van der Waals surface area contributed by atoms with Crippen LogP contribution < -0.4 is 11.1 Å². The van der Waals surface area contributed by atoms with Gasteiger partial charge in [-0.05, 0) is 30.7 Å². The van der Waals surface area contributed by atoms with Crippen molar-refractivity contribution < 1.29 is 13.2 Å². The average molecular weight is 310 g/mol. The van der Waals surface area contributed by atoms with Gasteiger partial charge in [-0.25, -0.2) is 13.2 Å². The molecule has 0 saturated carbocycles. The fourth-order valence-corrected chi connectivity index (χ4v) is 4.48. The molecule has 0 radical (unpaired) electrons. The summed E-state index contributed by atoms with van der Waals surface area (Å²) in [7, 11) is -3.58. The van der Waals surface area contributed by atoms with E-state index in [0.717, 1.165) is 5.56 Å². The van der Waals surface area contributed by atoms with Gasteiger partial charge in [0.15, 0.2) is 0 Å². The highest BCUT2D eigenvalue weighted by molar-refractivity contribution is 7.89. The SMILES string of the molecule is Cc1cc(N)cc(S(=O)(=O)N2CCN3C(=O)NCC3C2)c1. The second kappa shape index (κ2) is 4.88. The molecule has 1 atom stereocenters. The number of nitrogens with one attached hydrogen (secondary N) is 1. The number of piperazine rings is 1.